The van der Waals surface area contributed by atoms with Gasteiger partial charge in [-0.2, -0.15) is 0 Å². The van der Waals surface area contributed by atoms with Gasteiger partial charge >= 0.3 is 0 Å². The Morgan fingerprint density at radius 3 is 1.71 bits per heavy atom. The van der Waals surface area contributed by atoms with Crippen molar-refractivity contribution in [2.45, 2.75) is 62.3 Å². The smallest absolute Gasteiger partial charge is 0.127 e. The number of fused-ring (bicyclic) bond motifs is 2. The summed E-state index contributed by atoms with van der Waals surface area (Å²) in [6.07, 6.45) is 5.65. The Morgan fingerprint density at radius 2 is 1.33 bits per heavy atom. The Bertz CT molecular complexity index is 528. The summed E-state index contributed by atoms with van der Waals surface area (Å²) < 4.78 is 22.9. The summed E-state index contributed by atoms with van der Waals surface area (Å²) in [6, 6.07) is 5.12. The largest absolute Gasteiger partial charge is 0.508 e. The highest BCUT2D eigenvalue weighted by atomic mass is 16.6. The predicted octanol–water partition coefficient (Wildman–Crippen LogP) is 2.01. The highest BCUT2D eigenvalue weighted by molar-refractivity contribution is 5.41. The molecule has 2 aliphatic carbocycles. The number of phenols is 1. The highest BCUT2D eigenvalue weighted by Crippen LogP contribution is 2.43. The molecule has 112 valence electrons. The van der Waals surface area contributed by atoms with Crippen LogP contribution in [0.2, 0.25) is 0 Å². The monoisotopic (exact) mass is 290 g/mol. The minimum Gasteiger partial charge on any atom is -0.508 e. The zero-order valence-corrected chi connectivity index (χ0v) is 11.6. The number of aromatic hydroxyl groups is 1. The summed E-state index contributed by atoms with van der Waals surface area (Å²) >= 11 is 0. The van der Waals surface area contributed by atoms with Crippen LogP contribution in [0.25, 0.3) is 0 Å². The summed E-state index contributed by atoms with van der Waals surface area (Å²) in [5, 5.41) is 9.87. The zero-order chi connectivity index (χ0) is 14.0. The number of hydrogen-bond donors (Lipinski definition) is 1. The highest BCUT2D eigenvalue weighted by Gasteiger charge is 2.52. The van der Waals surface area contributed by atoms with E-state index in [4.69, 9.17) is 18.9 Å². The first-order valence-electron chi connectivity index (χ1n) is 7.74. The lowest BCUT2D eigenvalue weighted by Crippen LogP contribution is -2.21. The van der Waals surface area contributed by atoms with Crippen molar-refractivity contribution in [2.24, 2.45) is 0 Å². The molecule has 2 saturated heterocycles. The van der Waals surface area contributed by atoms with Crippen LogP contribution in [0.4, 0.5) is 0 Å². The van der Waals surface area contributed by atoms with Crippen LogP contribution in [0.1, 0.15) is 25.7 Å². The molecule has 4 aliphatic rings. The lowest BCUT2D eigenvalue weighted by molar-refractivity contribution is 0.132. The second-order valence-electron chi connectivity index (χ2n) is 6.41. The van der Waals surface area contributed by atoms with Gasteiger partial charge in [0.15, 0.2) is 0 Å². The predicted molar refractivity (Wildman–Crippen MR) is 72.7 cm³/mol. The van der Waals surface area contributed by atoms with Gasteiger partial charge in [-0.1, -0.05) is 0 Å². The maximum absolute atomic E-state index is 9.87. The maximum atomic E-state index is 9.87. The molecule has 0 bridgehead atoms. The molecule has 2 saturated carbocycles. The van der Waals surface area contributed by atoms with Gasteiger partial charge in [0.1, 0.15) is 41.7 Å². The molecule has 0 spiro atoms. The van der Waals surface area contributed by atoms with E-state index in [9.17, 15) is 5.11 Å². The minimum absolute atomic E-state index is 0.104. The van der Waals surface area contributed by atoms with Crippen molar-refractivity contribution in [3.05, 3.63) is 18.2 Å². The number of hydrogen-bond acceptors (Lipinski definition) is 5. The molecular formula is C16H18O5. The average Bonchev–Trinajstić information content (AvgIpc) is 3.34. The molecule has 6 atom stereocenters. The molecule has 1 aromatic rings. The number of rotatable bonds is 4. The Labute approximate surface area is 122 Å². The molecule has 1 aromatic carbocycles. The topological polar surface area (TPSA) is 63.8 Å². The van der Waals surface area contributed by atoms with Crippen LogP contribution in [0.15, 0.2) is 18.2 Å². The molecular weight excluding hydrogens is 272 g/mol. The molecule has 5 heteroatoms. The summed E-state index contributed by atoms with van der Waals surface area (Å²) in [6.45, 7) is 0. The third kappa shape index (κ3) is 2.15. The van der Waals surface area contributed by atoms with Crippen LogP contribution in [0.3, 0.4) is 0 Å². The fourth-order valence-electron chi connectivity index (χ4n) is 3.71. The maximum Gasteiger partial charge on any atom is 0.127 e. The van der Waals surface area contributed by atoms with Gasteiger partial charge in [0, 0.05) is 18.2 Å². The van der Waals surface area contributed by atoms with Crippen molar-refractivity contribution in [1.29, 1.82) is 0 Å². The van der Waals surface area contributed by atoms with E-state index in [1.165, 1.54) is 0 Å². The third-order valence-corrected chi connectivity index (χ3v) is 4.89. The van der Waals surface area contributed by atoms with Crippen LogP contribution in [0.5, 0.6) is 17.2 Å². The van der Waals surface area contributed by atoms with Crippen LogP contribution in [0, 0.1) is 0 Å². The van der Waals surface area contributed by atoms with E-state index < -0.39 is 0 Å². The van der Waals surface area contributed by atoms with Crippen LogP contribution < -0.4 is 9.47 Å². The van der Waals surface area contributed by atoms with Crippen molar-refractivity contribution in [3.8, 4) is 17.2 Å². The lowest BCUT2D eigenvalue weighted by atomic mass is 10.2. The van der Waals surface area contributed by atoms with E-state index in [1.54, 1.807) is 12.1 Å². The van der Waals surface area contributed by atoms with Gasteiger partial charge in [0.05, 0.1) is 12.2 Å². The summed E-state index contributed by atoms with van der Waals surface area (Å²) in [7, 11) is 0. The van der Waals surface area contributed by atoms with Crippen molar-refractivity contribution < 1.29 is 24.1 Å². The van der Waals surface area contributed by atoms with E-state index in [1.807, 2.05) is 6.07 Å². The first-order valence-corrected chi connectivity index (χ1v) is 7.74. The first-order chi connectivity index (χ1) is 10.3. The molecule has 0 radical (unpaired) electrons. The second kappa shape index (κ2) is 4.27. The molecule has 2 heterocycles. The van der Waals surface area contributed by atoms with Crippen molar-refractivity contribution in [1.82, 2.24) is 0 Å². The van der Waals surface area contributed by atoms with E-state index in [2.05, 4.69) is 0 Å². The quantitative estimate of drug-likeness (QED) is 0.859. The minimum atomic E-state index is 0.104. The van der Waals surface area contributed by atoms with Gasteiger partial charge in [0.25, 0.3) is 0 Å². The molecule has 2 aliphatic heterocycles. The van der Waals surface area contributed by atoms with Crippen molar-refractivity contribution >= 4 is 0 Å². The standard InChI is InChI=1S/C16H18O5/c17-8-5-9(18-11-1-3-13-15(11)20-13)7-10(6-8)19-12-2-4-14-16(12)21-14/h5-7,11-17H,1-4H2. The fraction of sp³-hybridized carbons (Fsp3) is 0.625. The summed E-state index contributed by atoms with van der Waals surface area (Å²) in [4.78, 5) is 0. The average molecular weight is 290 g/mol. The number of ether oxygens (including phenoxy) is 4. The first kappa shape index (κ1) is 12.1. The van der Waals surface area contributed by atoms with Crippen LogP contribution in [-0.2, 0) is 9.47 Å². The Balaban J connectivity index is 1.31. The molecule has 5 nitrogen and oxygen atoms in total. The van der Waals surface area contributed by atoms with E-state index in [-0.39, 0.29) is 30.2 Å². The molecule has 0 amide bonds. The van der Waals surface area contributed by atoms with E-state index >= 15 is 0 Å². The van der Waals surface area contributed by atoms with Gasteiger partial charge in [-0.3, -0.25) is 0 Å². The number of epoxide rings is 2. The Kier molecular flexibility index (Phi) is 2.47. The third-order valence-electron chi connectivity index (χ3n) is 4.89. The molecule has 1 N–H and O–H groups in total. The van der Waals surface area contributed by atoms with E-state index in [0.717, 1.165) is 25.7 Å². The van der Waals surface area contributed by atoms with Crippen LogP contribution >= 0.6 is 0 Å². The Hall–Kier alpha value is -1.46. The van der Waals surface area contributed by atoms with Gasteiger partial charge < -0.3 is 24.1 Å². The molecule has 21 heavy (non-hydrogen) atoms. The normalized spacial score (nSPS) is 42.3. The fourth-order valence-corrected chi connectivity index (χ4v) is 3.71. The second-order valence-corrected chi connectivity index (χ2v) is 6.41. The number of benzene rings is 1. The summed E-state index contributed by atoms with van der Waals surface area (Å²) in [5.41, 5.74) is 0. The van der Waals surface area contributed by atoms with Gasteiger partial charge in [-0.05, 0) is 25.7 Å². The SMILES string of the molecule is Oc1cc(OC2CCC3OC23)cc(OC2CCC3OC23)c1. The number of phenolic OH excluding ortho intramolecular Hbond substituents is 1. The summed E-state index contributed by atoms with van der Waals surface area (Å²) in [5.74, 6) is 1.47. The van der Waals surface area contributed by atoms with Crippen molar-refractivity contribution in [3.63, 3.8) is 0 Å². The Morgan fingerprint density at radius 1 is 0.810 bits per heavy atom. The van der Waals surface area contributed by atoms with Crippen LogP contribution in [-0.4, -0.2) is 41.7 Å². The van der Waals surface area contributed by atoms with Gasteiger partial charge in [-0.15, -0.1) is 0 Å². The van der Waals surface area contributed by atoms with Crippen molar-refractivity contribution in [2.75, 3.05) is 0 Å². The zero-order valence-electron chi connectivity index (χ0n) is 11.6. The van der Waals surface area contributed by atoms with Gasteiger partial charge in [-0.25, -0.2) is 0 Å². The molecule has 4 fully saturated rings. The van der Waals surface area contributed by atoms with Gasteiger partial charge in [0.2, 0.25) is 0 Å². The lowest BCUT2D eigenvalue weighted by Gasteiger charge is -2.18. The molecule has 0 aromatic heterocycles. The molecule has 6 unspecified atom stereocenters. The molecule has 5 rings (SSSR count). The van der Waals surface area contributed by atoms with E-state index in [0.29, 0.717) is 23.7 Å².